The van der Waals surface area contributed by atoms with Crippen LogP contribution in [-0.4, -0.2) is 51.6 Å². The summed E-state index contributed by atoms with van der Waals surface area (Å²) < 4.78 is 0. The van der Waals surface area contributed by atoms with Crippen LogP contribution in [0.1, 0.15) is 12.0 Å². The van der Waals surface area contributed by atoms with E-state index in [2.05, 4.69) is 10.3 Å². The Hall–Kier alpha value is -3.55. The molecule has 2 heterocycles. The average Bonchev–Trinajstić information content (AvgIpc) is 2.70. The van der Waals surface area contributed by atoms with Crippen molar-refractivity contribution in [1.29, 1.82) is 0 Å². The van der Waals surface area contributed by atoms with E-state index >= 15 is 0 Å². The molecular weight excluding hydrogens is 362 g/mol. The van der Waals surface area contributed by atoms with Crippen LogP contribution in [0.5, 0.6) is 0 Å². The summed E-state index contributed by atoms with van der Waals surface area (Å²) in [4.78, 5) is 53.1. The van der Waals surface area contributed by atoms with Crippen LogP contribution >= 0.6 is 0 Å². The zero-order valence-electron chi connectivity index (χ0n) is 15.0. The molecule has 144 valence electrons. The summed E-state index contributed by atoms with van der Waals surface area (Å²) in [5.74, 6) is -4.73. The number of carboxylic acids is 1. The van der Waals surface area contributed by atoms with Gasteiger partial charge < -0.3 is 15.3 Å². The number of pyridine rings is 1. The molecule has 3 rings (SSSR count). The minimum Gasteiger partial charge on any atom is -0.480 e. The van der Waals surface area contributed by atoms with Gasteiger partial charge in [-0.1, -0.05) is 36.4 Å². The normalized spacial score (nSPS) is 16.7. The zero-order chi connectivity index (χ0) is 20.1. The number of hydrogen-bond donors (Lipinski definition) is 2. The van der Waals surface area contributed by atoms with Gasteiger partial charge >= 0.3 is 5.97 Å². The van der Waals surface area contributed by atoms with Crippen LogP contribution in [0.3, 0.4) is 0 Å². The van der Waals surface area contributed by atoms with Crippen LogP contribution in [-0.2, 0) is 25.7 Å². The number of likely N-dealkylation sites (tertiary alicyclic amines) is 1. The van der Waals surface area contributed by atoms with Crippen LogP contribution in [0.15, 0.2) is 48.7 Å². The summed E-state index contributed by atoms with van der Waals surface area (Å²) in [7, 11) is 0. The third-order valence-electron chi connectivity index (χ3n) is 4.45. The number of aromatic nitrogens is 1. The first kappa shape index (κ1) is 19.2. The molecule has 2 aromatic rings. The molecule has 2 N–H and O–H groups in total. The second-order valence-electron chi connectivity index (χ2n) is 6.44. The highest BCUT2D eigenvalue weighted by Crippen LogP contribution is 2.20. The Bertz CT molecular complexity index is 896. The second kappa shape index (κ2) is 8.43. The fourth-order valence-corrected chi connectivity index (χ4v) is 3.02. The molecule has 1 atom stereocenters. The van der Waals surface area contributed by atoms with Crippen molar-refractivity contribution < 1.29 is 24.3 Å². The minimum atomic E-state index is -1.50. The highest BCUT2D eigenvalue weighted by molar-refractivity contribution is 6.19. The Kier molecular flexibility index (Phi) is 5.78. The minimum absolute atomic E-state index is 0.0480. The van der Waals surface area contributed by atoms with E-state index in [1.165, 1.54) is 4.90 Å². The summed E-state index contributed by atoms with van der Waals surface area (Å²) in [5.41, 5.74) is 2.55. The summed E-state index contributed by atoms with van der Waals surface area (Å²) in [5, 5.41) is 10.7. The van der Waals surface area contributed by atoms with Crippen molar-refractivity contribution in [2.45, 2.75) is 13.0 Å². The lowest BCUT2D eigenvalue weighted by Crippen LogP contribution is -2.52. The van der Waals surface area contributed by atoms with E-state index in [4.69, 9.17) is 5.11 Å². The number of carboxylic acid groups (broad SMARTS) is 1. The molecule has 0 saturated carbocycles. The lowest BCUT2D eigenvalue weighted by Gasteiger charge is -2.30. The fourth-order valence-electron chi connectivity index (χ4n) is 3.02. The molecule has 8 heteroatoms. The Labute approximate surface area is 161 Å². The summed E-state index contributed by atoms with van der Waals surface area (Å²) in [6.07, 6.45) is 1.71. The van der Waals surface area contributed by atoms with Crippen molar-refractivity contribution in [3.63, 3.8) is 0 Å². The first-order valence-electron chi connectivity index (χ1n) is 8.77. The first-order valence-corrected chi connectivity index (χ1v) is 8.77. The van der Waals surface area contributed by atoms with E-state index in [1.54, 1.807) is 6.20 Å². The number of ketones is 1. The van der Waals surface area contributed by atoms with Gasteiger partial charge in [0.1, 0.15) is 6.54 Å². The van der Waals surface area contributed by atoms with E-state index in [-0.39, 0.29) is 19.5 Å². The van der Waals surface area contributed by atoms with Gasteiger partial charge in [0.2, 0.25) is 11.8 Å². The maximum Gasteiger partial charge on any atom is 0.322 e. The van der Waals surface area contributed by atoms with Gasteiger partial charge in [-0.25, -0.2) is 0 Å². The van der Waals surface area contributed by atoms with Gasteiger partial charge in [-0.2, -0.15) is 0 Å². The standard InChI is InChI=1S/C20H19N3O5/c24-16-8-9-23(20(28)18(16)19(27)22-11-17(25)26)12-13-6-7-15(21-10-13)14-4-2-1-3-5-14/h1-7,10,18H,8-9,11-12H2,(H,22,27)(H,25,26). The van der Waals surface area contributed by atoms with Crippen molar-refractivity contribution >= 4 is 23.6 Å². The molecule has 1 aromatic carbocycles. The first-order chi connectivity index (χ1) is 13.5. The molecule has 0 spiro atoms. The van der Waals surface area contributed by atoms with Crippen LogP contribution in [0.4, 0.5) is 0 Å². The zero-order valence-corrected chi connectivity index (χ0v) is 15.0. The van der Waals surface area contributed by atoms with E-state index in [0.717, 1.165) is 16.8 Å². The Morgan fingerprint density at radius 2 is 1.89 bits per heavy atom. The van der Waals surface area contributed by atoms with E-state index in [1.807, 2.05) is 42.5 Å². The quantitative estimate of drug-likeness (QED) is 0.717. The fraction of sp³-hybridized carbons (Fsp3) is 0.250. The number of amides is 2. The summed E-state index contributed by atoms with van der Waals surface area (Å²) in [6.45, 7) is -0.210. The number of carbonyl (C=O) groups is 4. The van der Waals surface area contributed by atoms with Gasteiger partial charge in [-0.15, -0.1) is 0 Å². The van der Waals surface area contributed by atoms with Crippen molar-refractivity contribution in [1.82, 2.24) is 15.2 Å². The van der Waals surface area contributed by atoms with Crippen LogP contribution in [0.2, 0.25) is 0 Å². The predicted octanol–water partition coefficient (Wildman–Crippen LogP) is 0.867. The number of benzene rings is 1. The van der Waals surface area contributed by atoms with Crippen molar-refractivity contribution in [3.05, 3.63) is 54.2 Å². The number of Topliss-reactive ketones (excluding diaryl/α,β-unsaturated/α-hetero) is 1. The molecule has 1 fully saturated rings. The SMILES string of the molecule is O=C(O)CNC(=O)C1C(=O)CCN(Cc2ccc(-c3ccccc3)nc2)C1=O. The van der Waals surface area contributed by atoms with Crippen LogP contribution < -0.4 is 5.32 Å². The molecule has 0 aliphatic carbocycles. The molecular formula is C20H19N3O5. The van der Waals surface area contributed by atoms with Gasteiger partial charge in [0.15, 0.2) is 11.7 Å². The van der Waals surface area contributed by atoms with Gasteiger partial charge in [-0.3, -0.25) is 24.2 Å². The molecule has 2 amide bonds. The molecule has 1 saturated heterocycles. The van der Waals surface area contributed by atoms with Crippen LogP contribution in [0, 0.1) is 5.92 Å². The van der Waals surface area contributed by atoms with Gasteiger partial charge in [0.05, 0.1) is 5.69 Å². The molecule has 1 aliphatic rings. The van der Waals surface area contributed by atoms with Crippen molar-refractivity contribution in [2.24, 2.45) is 5.92 Å². The molecule has 1 aromatic heterocycles. The number of rotatable bonds is 6. The predicted molar refractivity (Wildman–Crippen MR) is 98.8 cm³/mol. The van der Waals surface area contributed by atoms with Crippen molar-refractivity contribution in [3.8, 4) is 11.3 Å². The number of carbonyl (C=O) groups excluding carboxylic acids is 3. The lowest BCUT2D eigenvalue weighted by atomic mass is 9.94. The van der Waals surface area contributed by atoms with E-state index in [0.29, 0.717) is 0 Å². The third-order valence-corrected chi connectivity index (χ3v) is 4.45. The van der Waals surface area contributed by atoms with Gasteiger partial charge in [-0.05, 0) is 11.6 Å². The molecule has 0 radical (unpaired) electrons. The largest absolute Gasteiger partial charge is 0.480 e. The van der Waals surface area contributed by atoms with Crippen LogP contribution in [0.25, 0.3) is 11.3 Å². The summed E-state index contributed by atoms with van der Waals surface area (Å²) in [6, 6.07) is 13.3. The average molecular weight is 381 g/mol. The lowest BCUT2D eigenvalue weighted by molar-refractivity contribution is -0.152. The number of piperidine rings is 1. The molecule has 8 nitrogen and oxygen atoms in total. The third kappa shape index (κ3) is 4.40. The maximum absolute atomic E-state index is 12.6. The Morgan fingerprint density at radius 1 is 1.14 bits per heavy atom. The molecule has 0 bridgehead atoms. The highest BCUT2D eigenvalue weighted by Gasteiger charge is 2.40. The van der Waals surface area contributed by atoms with E-state index < -0.39 is 36.0 Å². The van der Waals surface area contributed by atoms with Gasteiger partial charge in [0.25, 0.3) is 0 Å². The summed E-state index contributed by atoms with van der Waals surface area (Å²) >= 11 is 0. The molecule has 28 heavy (non-hydrogen) atoms. The van der Waals surface area contributed by atoms with E-state index in [9.17, 15) is 19.2 Å². The van der Waals surface area contributed by atoms with Gasteiger partial charge in [0, 0.05) is 31.3 Å². The molecule has 1 aliphatic heterocycles. The number of aliphatic carboxylic acids is 1. The number of nitrogens with zero attached hydrogens (tertiary/aromatic N) is 2. The number of hydrogen-bond acceptors (Lipinski definition) is 5. The molecule has 1 unspecified atom stereocenters. The monoisotopic (exact) mass is 381 g/mol. The van der Waals surface area contributed by atoms with Crippen molar-refractivity contribution in [2.75, 3.05) is 13.1 Å². The Morgan fingerprint density at radius 3 is 2.54 bits per heavy atom. The topological polar surface area (TPSA) is 117 Å². The smallest absolute Gasteiger partial charge is 0.322 e. The second-order valence-corrected chi connectivity index (χ2v) is 6.44. The number of nitrogens with one attached hydrogen (secondary N) is 1. The Balaban J connectivity index is 1.68. The maximum atomic E-state index is 12.6. The highest BCUT2D eigenvalue weighted by atomic mass is 16.4.